The van der Waals surface area contributed by atoms with E-state index in [9.17, 15) is 25.5 Å². The van der Waals surface area contributed by atoms with Crippen LogP contribution < -0.4 is 4.74 Å². The lowest BCUT2D eigenvalue weighted by atomic mass is 9.85. The number of nitro groups is 2. The van der Waals surface area contributed by atoms with Crippen LogP contribution >= 0.6 is 0 Å². The van der Waals surface area contributed by atoms with Crippen molar-refractivity contribution < 1.29 is 14.6 Å². The molecule has 0 aliphatic carbocycles. The first kappa shape index (κ1) is 18.0. The quantitative estimate of drug-likeness (QED) is 0.149. The third-order valence-electron chi connectivity index (χ3n) is 6.21. The molecule has 0 saturated carbocycles. The first-order valence-electron chi connectivity index (χ1n) is 9.64. The number of methoxy groups -OCH3 is 1. The minimum Gasteiger partial charge on any atom is -0.496 e. The molecular weight excluding hydrogens is 410 g/mol. The number of nitriles is 1. The Hall–Kier alpha value is -4.77. The van der Waals surface area contributed by atoms with Crippen molar-refractivity contribution in [3.8, 4) is 11.8 Å². The summed E-state index contributed by atoms with van der Waals surface area (Å²) in [5.41, 5.74) is 0.104. The van der Waals surface area contributed by atoms with Crippen molar-refractivity contribution in [1.82, 2.24) is 0 Å². The monoisotopic (exact) mass is 421 g/mol. The van der Waals surface area contributed by atoms with E-state index in [4.69, 9.17) is 4.74 Å². The van der Waals surface area contributed by atoms with E-state index in [1.807, 2.05) is 18.2 Å². The van der Waals surface area contributed by atoms with Gasteiger partial charge in [-0.2, -0.15) is 5.26 Å². The van der Waals surface area contributed by atoms with Crippen LogP contribution in [0.1, 0.15) is 5.56 Å². The Morgan fingerprint density at radius 2 is 1.53 bits per heavy atom. The molecule has 0 spiro atoms. The van der Waals surface area contributed by atoms with Crippen molar-refractivity contribution in [1.29, 1.82) is 5.26 Å². The van der Waals surface area contributed by atoms with E-state index in [2.05, 4.69) is 6.07 Å². The van der Waals surface area contributed by atoms with E-state index >= 15 is 0 Å². The number of nitro benzene ring substituents is 2. The molecule has 32 heavy (non-hydrogen) atoms. The Labute approximate surface area is 178 Å². The highest BCUT2D eigenvalue weighted by Gasteiger charge is 2.25. The molecule has 0 amide bonds. The number of hydrogen-bond donors (Lipinski definition) is 0. The minimum absolute atomic E-state index is 0.0819. The predicted molar refractivity (Wildman–Crippen MR) is 121 cm³/mol. The Balaban J connectivity index is 1.99. The van der Waals surface area contributed by atoms with Crippen LogP contribution in [0.2, 0.25) is 0 Å². The topological polar surface area (TPSA) is 119 Å². The second-order valence-corrected chi connectivity index (χ2v) is 7.72. The first-order valence-corrected chi connectivity index (χ1v) is 9.64. The molecule has 0 N–H and O–H groups in total. The standard InChI is InChI=1S/C24H11N3O5/c1-32-20-9-19(27(30)31)18-7-13-5-14(10-25)17-8-15(26(28)29)6-12-4-11-2-3-16(20)24(18)22(11)23(13)21(12)17/h2-9H,1H3. The summed E-state index contributed by atoms with van der Waals surface area (Å²) in [7, 11) is 1.47. The van der Waals surface area contributed by atoms with Crippen LogP contribution in [-0.4, -0.2) is 17.0 Å². The van der Waals surface area contributed by atoms with Crippen molar-refractivity contribution in [3.05, 3.63) is 74.3 Å². The molecule has 152 valence electrons. The summed E-state index contributed by atoms with van der Waals surface area (Å²) >= 11 is 0. The third-order valence-corrected chi connectivity index (χ3v) is 6.21. The van der Waals surface area contributed by atoms with E-state index < -0.39 is 9.85 Å². The Kier molecular flexibility index (Phi) is 3.32. The summed E-state index contributed by atoms with van der Waals surface area (Å²) in [6.07, 6.45) is 0. The van der Waals surface area contributed by atoms with Crippen molar-refractivity contribution >= 4 is 65.2 Å². The zero-order chi connectivity index (χ0) is 22.3. The number of non-ortho nitro benzene ring substituents is 2. The lowest BCUT2D eigenvalue weighted by Crippen LogP contribution is -1.97. The molecule has 0 saturated heterocycles. The van der Waals surface area contributed by atoms with Gasteiger partial charge in [0.05, 0.1) is 40.0 Å². The maximum atomic E-state index is 11.9. The van der Waals surface area contributed by atoms with E-state index in [0.717, 1.165) is 26.9 Å². The molecule has 8 heteroatoms. The second-order valence-electron chi connectivity index (χ2n) is 7.72. The summed E-state index contributed by atoms with van der Waals surface area (Å²) in [6, 6.07) is 15.4. The molecule has 6 rings (SSSR count). The van der Waals surface area contributed by atoms with Crippen LogP contribution in [0, 0.1) is 31.6 Å². The predicted octanol–water partition coefficient (Wildman–Crippen LogP) is 6.02. The minimum atomic E-state index is -0.473. The van der Waals surface area contributed by atoms with Gasteiger partial charge in [0, 0.05) is 28.3 Å². The molecule has 0 radical (unpaired) electrons. The summed E-state index contributed by atoms with van der Waals surface area (Å²) in [5.74, 6) is 0.398. The average molecular weight is 421 g/mol. The largest absolute Gasteiger partial charge is 0.496 e. The van der Waals surface area contributed by atoms with Crippen molar-refractivity contribution in [2.75, 3.05) is 7.11 Å². The number of hydrogen-bond acceptors (Lipinski definition) is 6. The Morgan fingerprint density at radius 3 is 2.22 bits per heavy atom. The molecule has 6 aromatic carbocycles. The highest BCUT2D eigenvalue weighted by atomic mass is 16.6. The van der Waals surface area contributed by atoms with Gasteiger partial charge in [0.1, 0.15) is 5.75 Å². The molecular formula is C24H11N3O5. The van der Waals surface area contributed by atoms with Crippen LogP contribution in [-0.2, 0) is 0 Å². The fourth-order valence-electron chi connectivity index (χ4n) is 4.98. The SMILES string of the molecule is COc1cc([N+](=O)[O-])c2cc3cc(C#N)c4cc([N+](=O)[O-])cc5cc6ccc1c2c6c3c54. The fourth-order valence-corrected chi connectivity index (χ4v) is 4.98. The Bertz CT molecular complexity index is 1830. The summed E-state index contributed by atoms with van der Waals surface area (Å²) < 4.78 is 5.46. The van der Waals surface area contributed by atoms with Gasteiger partial charge in [0.2, 0.25) is 0 Å². The summed E-state index contributed by atoms with van der Waals surface area (Å²) in [4.78, 5) is 22.5. The number of benzene rings is 6. The van der Waals surface area contributed by atoms with Gasteiger partial charge in [-0.15, -0.1) is 0 Å². The number of ether oxygens (including phenoxy) is 1. The number of nitrogens with zero attached hydrogens (tertiary/aromatic N) is 3. The molecule has 0 heterocycles. The number of rotatable bonds is 3. The van der Waals surface area contributed by atoms with E-state index in [-0.39, 0.29) is 16.9 Å². The molecule has 0 aliphatic rings. The van der Waals surface area contributed by atoms with Gasteiger partial charge in [-0.3, -0.25) is 20.2 Å². The van der Waals surface area contributed by atoms with Crippen molar-refractivity contribution in [2.45, 2.75) is 0 Å². The second kappa shape index (κ2) is 5.89. The van der Waals surface area contributed by atoms with E-state index in [0.29, 0.717) is 32.7 Å². The van der Waals surface area contributed by atoms with Crippen LogP contribution in [0.25, 0.3) is 53.9 Å². The molecule has 0 unspecified atom stereocenters. The first-order chi connectivity index (χ1) is 15.4. The fraction of sp³-hybridized carbons (Fsp3) is 0.0417. The Morgan fingerprint density at radius 1 is 0.781 bits per heavy atom. The molecule has 6 aromatic rings. The highest BCUT2D eigenvalue weighted by Crippen LogP contribution is 2.48. The molecule has 8 nitrogen and oxygen atoms in total. The maximum Gasteiger partial charge on any atom is 0.280 e. The zero-order valence-electron chi connectivity index (χ0n) is 16.5. The van der Waals surface area contributed by atoms with Crippen molar-refractivity contribution in [3.63, 3.8) is 0 Å². The lowest BCUT2D eigenvalue weighted by molar-refractivity contribution is -0.384. The molecule has 0 atom stereocenters. The highest BCUT2D eigenvalue weighted by molar-refractivity contribution is 6.38. The van der Waals surface area contributed by atoms with E-state index in [1.54, 1.807) is 12.1 Å². The van der Waals surface area contributed by atoms with Crippen molar-refractivity contribution in [2.24, 2.45) is 0 Å². The van der Waals surface area contributed by atoms with Gasteiger partial charge in [-0.1, -0.05) is 6.07 Å². The van der Waals surface area contributed by atoms with E-state index in [1.165, 1.54) is 25.3 Å². The van der Waals surface area contributed by atoms with Crippen LogP contribution in [0.3, 0.4) is 0 Å². The molecule has 0 aliphatic heterocycles. The molecule has 0 aromatic heterocycles. The van der Waals surface area contributed by atoms with Crippen LogP contribution in [0.4, 0.5) is 11.4 Å². The lowest BCUT2D eigenvalue weighted by Gasteiger charge is -2.18. The van der Waals surface area contributed by atoms with Gasteiger partial charge in [-0.05, 0) is 56.6 Å². The summed E-state index contributed by atoms with van der Waals surface area (Å²) in [5, 5.41) is 40.0. The van der Waals surface area contributed by atoms with Gasteiger partial charge in [0.25, 0.3) is 11.4 Å². The molecule has 0 fully saturated rings. The third kappa shape index (κ3) is 2.09. The van der Waals surface area contributed by atoms with Gasteiger partial charge in [-0.25, -0.2) is 0 Å². The smallest absolute Gasteiger partial charge is 0.280 e. The van der Waals surface area contributed by atoms with Crippen LogP contribution in [0.5, 0.6) is 5.75 Å². The zero-order valence-corrected chi connectivity index (χ0v) is 16.5. The van der Waals surface area contributed by atoms with Gasteiger partial charge >= 0.3 is 0 Å². The normalized spacial score (nSPS) is 11.8. The average Bonchev–Trinajstić information content (AvgIpc) is 2.79. The van der Waals surface area contributed by atoms with Gasteiger partial charge in [0.15, 0.2) is 0 Å². The molecule has 0 bridgehead atoms. The summed E-state index contributed by atoms with van der Waals surface area (Å²) in [6.45, 7) is 0. The van der Waals surface area contributed by atoms with Crippen LogP contribution in [0.15, 0.2) is 48.5 Å². The maximum absolute atomic E-state index is 11.9. The van der Waals surface area contributed by atoms with Gasteiger partial charge < -0.3 is 4.74 Å².